The van der Waals surface area contributed by atoms with Gasteiger partial charge >= 0.3 is 0 Å². The van der Waals surface area contributed by atoms with E-state index >= 15 is 0 Å². The zero-order chi connectivity index (χ0) is 22.8. The molecule has 5 rings (SSSR count). The van der Waals surface area contributed by atoms with Crippen LogP contribution in [0, 0.1) is 0 Å². The second kappa shape index (κ2) is 8.43. The third kappa shape index (κ3) is 3.97. The van der Waals surface area contributed by atoms with E-state index in [0.717, 1.165) is 5.56 Å². The van der Waals surface area contributed by atoms with Gasteiger partial charge in [0, 0.05) is 6.54 Å². The minimum Gasteiger partial charge on any atom is -0.508 e. The molecule has 1 amide bonds. The number of hydrogen-bond acceptors (Lipinski definition) is 6. The number of aromatic nitrogens is 3. The van der Waals surface area contributed by atoms with Crippen LogP contribution in [-0.4, -0.2) is 31.9 Å². The van der Waals surface area contributed by atoms with Crippen molar-refractivity contribution in [3.8, 4) is 5.75 Å². The van der Waals surface area contributed by atoms with Crippen LogP contribution in [-0.2, 0) is 6.54 Å². The van der Waals surface area contributed by atoms with Gasteiger partial charge in [-0.25, -0.2) is 9.97 Å². The van der Waals surface area contributed by atoms with Crippen LogP contribution >= 0.6 is 0 Å². The van der Waals surface area contributed by atoms with Crippen LogP contribution in [0.5, 0.6) is 5.75 Å². The maximum atomic E-state index is 13.2. The summed E-state index contributed by atoms with van der Waals surface area (Å²) in [5.41, 5.74) is 10.3. The molecule has 8 heteroatoms. The lowest BCUT2D eigenvalue weighted by Gasteiger charge is -2.05. The van der Waals surface area contributed by atoms with Crippen LogP contribution in [0.3, 0.4) is 0 Å². The van der Waals surface area contributed by atoms with Crippen molar-refractivity contribution in [1.29, 1.82) is 0 Å². The van der Waals surface area contributed by atoms with Crippen molar-refractivity contribution >= 4 is 40.1 Å². The number of nitrogen functional groups attached to an aromatic ring is 1. The van der Waals surface area contributed by atoms with E-state index in [0.29, 0.717) is 34.3 Å². The average molecular weight is 436 g/mol. The van der Waals surface area contributed by atoms with Crippen molar-refractivity contribution in [2.24, 2.45) is 5.10 Å². The molecule has 0 saturated heterocycles. The number of phenols is 1. The Morgan fingerprint density at radius 1 is 1.00 bits per heavy atom. The van der Waals surface area contributed by atoms with E-state index in [1.807, 2.05) is 54.6 Å². The second-order valence-electron chi connectivity index (χ2n) is 7.46. The largest absolute Gasteiger partial charge is 0.508 e. The number of fused-ring (bicyclic) bond motifs is 2. The van der Waals surface area contributed by atoms with Gasteiger partial charge in [0.1, 0.15) is 22.6 Å². The van der Waals surface area contributed by atoms with Crippen molar-refractivity contribution in [2.75, 3.05) is 5.73 Å². The molecule has 0 saturated carbocycles. The lowest BCUT2D eigenvalue weighted by molar-refractivity contribution is 0.0953. The first kappa shape index (κ1) is 20.2. The van der Waals surface area contributed by atoms with Crippen molar-refractivity contribution in [2.45, 2.75) is 6.54 Å². The molecule has 0 fully saturated rings. The minimum atomic E-state index is -0.364. The molecule has 0 bridgehead atoms. The summed E-state index contributed by atoms with van der Waals surface area (Å²) in [4.78, 5) is 22.5. The number of nitrogens with zero attached hydrogens (tertiary/aromatic N) is 4. The van der Waals surface area contributed by atoms with E-state index < -0.39 is 0 Å². The number of amides is 1. The van der Waals surface area contributed by atoms with E-state index in [1.165, 1.54) is 10.9 Å². The number of carbonyl (C=O) groups excluding carboxylic acids is 1. The first-order chi connectivity index (χ1) is 16.1. The van der Waals surface area contributed by atoms with Gasteiger partial charge in [-0.1, -0.05) is 54.6 Å². The first-order valence-electron chi connectivity index (χ1n) is 10.3. The highest BCUT2D eigenvalue weighted by Crippen LogP contribution is 2.28. The maximum Gasteiger partial charge on any atom is 0.257 e. The zero-order valence-electron chi connectivity index (χ0n) is 17.5. The number of anilines is 1. The zero-order valence-corrected chi connectivity index (χ0v) is 17.5. The molecular weight excluding hydrogens is 416 g/mol. The van der Waals surface area contributed by atoms with Crippen LogP contribution < -0.4 is 11.1 Å². The Morgan fingerprint density at radius 3 is 2.48 bits per heavy atom. The van der Waals surface area contributed by atoms with Gasteiger partial charge in [-0.3, -0.25) is 4.79 Å². The molecule has 4 N–H and O–H groups in total. The Balaban J connectivity index is 1.61. The molecule has 0 aliphatic rings. The van der Waals surface area contributed by atoms with Crippen LogP contribution in [0.2, 0.25) is 0 Å². The molecule has 2 aromatic heterocycles. The molecule has 8 nitrogen and oxygen atoms in total. The predicted molar refractivity (Wildman–Crippen MR) is 128 cm³/mol. The van der Waals surface area contributed by atoms with E-state index in [2.05, 4.69) is 20.4 Å². The van der Waals surface area contributed by atoms with Gasteiger partial charge in [-0.2, -0.15) is 9.78 Å². The number of carbonyl (C=O) groups is 1. The molecule has 33 heavy (non-hydrogen) atoms. The summed E-state index contributed by atoms with van der Waals surface area (Å²) in [6.45, 7) is 0.347. The van der Waals surface area contributed by atoms with E-state index in [1.54, 1.807) is 24.3 Å². The van der Waals surface area contributed by atoms with Gasteiger partial charge in [0.25, 0.3) is 5.91 Å². The quantitative estimate of drug-likeness (QED) is 0.363. The third-order valence-electron chi connectivity index (χ3n) is 5.19. The topological polar surface area (TPSA) is 118 Å². The molecule has 0 radical (unpaired) electrons. The standard InChI is InChI=1S/C25H20N6O2/c26-23-21(25(33)27-14-16-7-2-1-3-8-16)22-24(30-20-12-5-4-11-19(20)29-22)31(23)28-15-17-9-6-10-18(32)13-17/h1-13,15,32H,14,26H2,(H,27,33). The van der Waals surface area contributed by atoms with Crippen molar-refractivity contribution < 1.29 is 9.90 Å². The molecule has 2 heterocycles. The highest BCUT2D eigenvalue weighted by Gasteiger charge is 2.24. The molecule has 5 aromatic rings. The lowest BCUT2D eigenvalue weighted by atomic mass is 10.2. The number of phenolic OH excluding ortho intramolecular Hbond substituents is 1. The van der Waals surface area contributed by atoms with Gasteiger partial charge in [0.05, 0.1) is 17.2 Å². The number of benzene rings is 3. The monoisotopic (exact) mass is 436 g/mol. The predicted octanol–water partition coefficient (Wildman–Crippen LogP) is 3.68. The van der Waals surface area contributed by atoms with Gasteiger partial charge < -0.3 is 16.2 Å². The molecule has 0 aliphatic heterocycles. The summed E-state index contributed by atoms with van der Waals surface area (Å²) in [5, 5.41) is 17.1. The van der Waals surface area contributed by atoms with Crippen LogP contribution in [0.1, 0.15) is 21.5 Å². The van der Waals surface area contributed by atoms with Crippen LogP contribution in [0.25, 0.3) is 22.2 Å². The number of aromatic hydroxyl groups is 1. The SMILES string of the molecule is Nc1c(C(=O)NCc2ccccc2)c2nc3ccccc3nc2n1N=Cc1cccc(O)c1. The van der Waals surface area contributed by atoms with Gasteiger partial charge in [0.15, 0.2) is 5.65 Å². The summed E-state index contributed by atoms with van der Waals surface area (Å²) in [7, 11) is 0. The van der Waals surface area contributed by atoms with E-state index in [4.69, 9.17) is 5.73 Å². The maximum absolute atomic E-state index is 13.2. The molecule has 162 valence electrons. The Kier molecular flexibility index (Phi) is 5.16. The van der Waals surface area contributed by atoms with E-state index in [9.17, 15) is 9.90 Å². The van der Waals surface area contributed by atoms with Crippen LogP contribution in [0.4, 0.5) is 5.82 Å². The van der Waals surface area contributed by atoms with Crippen molar-refractivity contribution in [3.05, 3.63) is 95.6 Å². The van der Waals surface area contributed by atoms with E-state index in [-0.39, 0.29) is 23.0 Å². The Hall–Kier alpha value is -4.72. The number of rotatable bonds is 5. The highest BCUT2D eigenvalue weighted by molar-refractivity contribution is 6.10. The molecule has 0 atom stereocenters. The molecule has 0 spiro atoms. The third-order valence-corrected chi connectivity index (χ3v) is 5.19. The Morgan fingerprint density at radius 2 is 1.73 bits per heavy atom. The number of nitrogens with one attached hydrogen (secondary N) is 1. The average Bonchev–Trinajstić information content (AvgIpc) is 3.10. The van der Waals surface area contributed by atoms with Gasteiger partial charge in [-0.05, 0) is 35.4 Å². The Labute approximate surface area is 189 Å². The van der Waals surface area contributed by atoms with Gasteiger partial charge in [0.2, 0.25) is 0 Å². The molecule has 0 unspecified atom stereocenters. The number of nitrogens with two attached hydrogens (primary N) is 1. The molecule has 0 aliphatic carbocycles. The summed E-state index contributed by atoms with van der Waals surface area (Å²) in [6, 6.07) is 23.6. The fraction of sp³-hybridized carbons (Fsp3) is 0.0400. The summed E-state index contributed by atoms with van der Waals surface area (Å²) in [5.74, 6) is -0.115. The summed E-state index contributed by atoms with van der Waals surface area (Å²) < 4.78 is 1.40. The molecular formula is C25H20N6O2. The first-order valence-corrected chi connectivity index (χ1v) is 10.3. The minimum absolute atomic E-state index is 0.121. The van der Waals surface area contributed by atoms with Crippen molar-refractivity contribution in [3.63, 3.8) is 0 Å². The molecule has 3 aromatic carbocycles. The lowest BCUT2D eigenvalue weighted by Crippen LogP contribution is -2.23. The van der Waals surface area contributed by atoms with Crippen molar-refractivity contribution in [1.82, 2.24) is 20.0 Å². The highest BCUT2D eigenvalue weighted by atomic mass is 16.3. The number of hydrogen-bond donors (Lipinski definition) is 3. The fourth-order valence-electron chi connectivity index (χ4n) is 3.58. The second-order valence-corrected chi connectivity index (χ2v) is 7.46. The normalized spacial score (nSPS) is 11.4. The fourth-order valence-corrected chi connectivity index (χ4v) is 3.58. The Bertz CT molecular complexity index is 1510. The van der Waals surface area contributed by atoms with Gasteiger partial charge in [-0.15, -0.1) is 0 Å². The summed E-state index contributed by atoms with van der Waals surface area (Å²) >= 11 is 0. The smallest absolute Gasteiger partial charge is 0.257 e. The van der Waals surface area contributed by atoms with Crippen LogP contribution in [0.15, 0.2) is 84.0 Å². The number of para-hydroxylation sites is 2. The summed E-state index contributed by atoms with van der Waals surface area (Å²) in [6.07, 6.45) is 1.54.